The van der Waals surface area contributed by atoms with Crippen molar-refractivity contribution in [1.82, 2.24) is 14.7 Å². The molecule has 0 saturated carbocycles. The predicted octanol–water partition coefficient (Wildman–Crippen LogP) is 6.26. The fraction of sp³-hybridized carbons (Fsp3) is 0.321. The minimum absolute atomic E-state index is 0.0737. The van der Waals surface area contributed by atoms with E-state index in [9.17, 15) is 4.79 Å². The average molecular weight is 522 g/mol. The Morgan fingerprint density at radius 2 is 1.92 bits per heavy atom. The highest BCUT2D eigenvalue weighted by molar-refractivity contribution is 8.26. The van der Waals surface area contributed by atoms with E-state index in [-0.39, 0.29) is 5.91 Å². The Kier molecular flexibility index (Phi) is 8.96. The summed E-state index contributed by atoms with van der Waals surface area (Å²) >= 11 is 6.83. The Morgan fingerprint density at radius 3 is 2.64 bits per heavy atom. The number of thioether (sulfide) groups is 1. The Morgan fingerprint density at radius 1 is 1.11 bits per heavy atom. The summed E-state index contributed by atoms with van der Waals surface area (Å²) in [4.78, 5) is 15.4. The summed E-state index contributed by atoms with van der Waals surface area (Å²) in [6.45, 7) is 6.03. The van der Waals surface area contributed by atoms with Crippen LogP contribution in [0.4, 0.5) is 0 Å². The van der Waals surface area contributed by atoms with E-state index in [0.717, 1.165) is 53.1 Å². The predicted molar refractivity (Wildman–Crippen MR) is 151 cm³/mol. The van der Waals surface area contributed by atoms with Crippen LogP contribution in [0.5, 0.6) is 5.75 Å². The third-order valence-electron chi connectivity index (χ3n) is 5.86. The van der Waals surface area contributed by atoms with Gasteiger partial charge in [-0.3, -0.25) is 9.69 Å². The molecule has 1 amide bonds. The zero-order valence-corrected chi connectivity index (χ0v) is 22.5. The normalized spacial score (nSPS) is 14.8. The van der Waals surface area contributed by atoms with Gasteiger partial charge >= 0.3 is 0 Å². The molecule has 2 heterocycles. The van der Waals surface area contributed by atoms with Gasteiger partial charge in [-0.15, -0.1) is 0 Å². The maximum absolute atomic E-state index is 13.1. The molecule has 0 atom stereocenters. The van der Waals surface area contributed by atoms with E-state index >= 15 is 0 Å². The number of ether oxygens (including phenoxy) is 2. The number of aromatic nitrogens is 2. The molecule has 4 rings (SSSR count). The van der Waals surface area contributed by atoms with E-state index in [1.165, 1.54) is 11.8 Å². The number of amides is 1. The topological polar surface area (TPSA) is 56.6 Å². The Balaban J connectivity index is 1.69. The van der Waals surface area contributed by atoms with Crippen LogP contribution in [0.15, 0.2) is 59.6 Å². The van der Waals surface area contributed by atoms with Crippen molar-refractivity contribution in [3.8, 4) is 22.7 Å². The highest BCUT2D eigenvalue weighted by Gasteiger charge is 2.32. The molecule has 0 radical (unpaired) electrons. The Labute approximate surface area is 222 Å². The van der Waals surface area contributed by atoms with Crippen molar-refractivity contribution in [1.29, 1.82) is 0 Å². The summed E-state index contributed by atoms with van der Waals surface area (Å²) in [6, 6.07) is 16.1. The Bertz CT molecular complexity index is 1250. The molecule has 8 heteroatoms. The molecule has 1 aliphatic rings. The number of methoxy groups -OCH3 is 1. The number of hydrogen-bond donors (Lipinski definition) is 0. The summed E-state index contributed by atoms with van der Waals surface area (Å²) in [6.07, 6.45) is 6.72. The molecule has 0 aliphatic carbocycles. The summed E-state index contributed by atoms with van der Waals surface area (Å²) in [5.41, 5.74) is 4.61. The molecule has 188 valence electrons. The van der Waals surface area contributed by atoms with Gasteiger partial charge in [0.25, 0.3) is 5.91 Å². The van der Waals surface area contributed by atoms with Gasteiger partial charge in [-0.25, -0.2) is 4.68 Å². The standard InChI is InChI=1S/C28H31N3O3S2/c1-4-5-16-34-24-13-12-21(17-20(24)2)26-22(19-31(29-26)23-10-7-6-8-11-23)18-25-27(32)30(28(35)36-25)14-9-15-33-3/h6-8,10-13,17-19H,4-5,9,14-16H2,1-3H3/b25-18-. The van der Waals surface area contributed by atoms with Crippen LogP contribution in [0.25, 0.3) is 23.0 Å². The van der Waals surface area contributed by atoms with Gasteiger partial charge in [0.15, 0.2) is 0 Å². The third kappa shape index (κ3) is 6.06. The van der Waals surface area contributed by atoms with Crippen molar-refractivity contribution in [3.63, 3.8) is 0 Å². The lowest BCUT2D eigenvalue weighted by atomic mass is 10.0. The first kappa shape index (κ1) is 26.1. The number of unbranched alkanes of at least 4 members (excludes halogenated alkanes) is 1. The average Bonchev–Trinajstić information content (AvgIpc) is 3.42. The van der Waals surface area contributed by atoms with Gasteiger partial charge in [0.2, 0.25) is 0 Å². The van der Waals surface area contributed by atoms with Crippen LogP contribution < -0.4 is 4.74 Å². The lowest BCUT2D eigenvalue weighted by Crippen LogP contribution is -2.29. The quantitative estimate of drug-likeness (QED) is 0.169. The van der Waals surface area contributed by atoms with Crippen LogP contribution in [0.1, 0.15) is 37.3 Å². The number of aryl methyl sites for hydroxylation is 1. The third-order valence-corrected chi connectivity index (χ3v) is 7.24. The molecule has 2 aromatic carbocycles. The number of para-hydroxylation sites is 1. The second-order valence-electron chi connectivity index (χ2n) is 8.58. The van der Waals surface area contributed by atoms with Gasteiger partial charge < -0.3 is 9.47 Å². The van der Waals surface area contributed by atoms with E-state index in [2.05, 4.69) is 13.0 Å². The fourth-order valence-electron chi connectivity index (χ4n) is 3.92. The molecular weight excluding hydrogens is 490 g/mol. The molecule has 3 aromatic rings. The number of carbonyl (C=O) groups excluding carboxylic acids is 1. The largest absolute Gasteiger partial charge is 0.493 e. The lowest BCUT2D eigenvalue weighted by Gasteiger charge is -2.13. The van der Waals surface area contributed by atoms with Crippen molar-refractivity contribution < 1.29 is 14.3 Å². The smallest absolute Gasteiger partial charge is 0.266 e. The van der Waals surface area contributed by atoms with Crippen molar-refractivity contribution in [2.75, 3.05) is 26.9 Å². The van der Waals surface area contributed by atoms with E-state index in [4.69, 9.17) is 26.8 Å². The first-order chi connectivity index (χ1) is 17.5. The first-order valence-corrected chi connectivity index (χ1v) is 13.4. The second kappa shape index (κ2) is 12.3. The number of rotatable bonds is 11. The van der Waals surface area contributed by atoms with Crippen LogP contribution in [0, 0.1) is 6.92 Å². The molecule has 1 saturated heterocycles. The monoisotopic (exact) mass is 521 g/mol. The van der Waals surface area contributed by atoms with E-state index in [1.807, 2.05) is 66.3 Å². The fourth-order valence-corrected chi connectivity index (χ4v) is 5.22. The summed E-state index contributed by atoms with van der Waals surface area (Å²) in [7, 11) is 1.65. The molecule has 0 unspecified atom stereocenters. The van der Waals surface area contributed by atoms with Crippen LogP contribution in [-0.4, -0.2) is 51.8 Å². The van der Waals surface area contributed by atoms with Crippen molar-refractivity contribution in [2.45, 2.75) is 33.1 Å². The van der Waals surface area contributed by atoms with Crippen molar-refractivity contribution in [2.24, 2.45) is 0 Å². The minimum atomic E-state index is -0.0737. The van der Waals surface area contributed by atoms with E-state index in [0.29, 0.717) is 29.0 Å². The van der Waals surface area contributed by atoms with Crippen molar-refractivity contribution >= 4 is 40.3 Å². The van der Waals surface area contributed by atoms with Gasteiger partial charge in [0, 0.05) is 37.6 Å². The summed E-state index contributed by atoms with van der Waals surface area (Å²) in [5, 5.41) is 4.91. The van der Waals surface area contributed by atoms with E-state index in [1.54, 1.807) is 12.0 Å². The Hall–Kier alpha value is -2.94. The van der Waals surface area contributed by atoms with Gasteiger partial charge in [0.1, 0.15) is 15.8 Å². The maximum Gasteiger partial charge on any atom is 0.266 e. The van der Waals surface area contributed by atoms with Crippen LogP contribution in [0.2, 0.25) is 0 Å². The molecule has 0 N–H and O–H groups in total. The first-order valence-electron chi connectivity index (χ1n) is 12.1. The van der Waals surface area contributed by atoms with Gasteiger partial charge in [-0.1, -0.05) is 55.5 Å². The number of nitrogens with zero attached hydrogens (tertiary/aromatic N) is 3. The summed E-state index contributed by atoms with van der Waals surface area (Å²) < 4.78 is 13.5. The lowest BCUT2D eigenvalue weighted by molar-refractivity contribution is -0.122. The van der Waals surface area contributed by atoms with Gasteiger partial charge in [0.05, 0.1) is 17.2 Å². The number of carbonyl (C=O) groups is 1. The van der Waals surface area contributed by atoms with Gasteiger partial charge in [-0.2, -0.15) is 5.10 Å². The van der Waals surface area contributed by atoms with Crippen LogP contribution in [0.3, 0.4) is 0 Å². The SMILES string of the molecule is CCCCOc1ccc(-c2nn(-c3ccccc3)cc2/C=C2\SC(=S)N(CCCOC)C2=O)cc1C. The van der Waals surface area contributed by atoms with Crippen molar-refractivity contribution in [3.05, 3.63) is 70.8 Å². The molecule has 1 fully saturated rings. The number of hydrogen-bond acceptors (Lipinski definition) is 6. The zero-order valence-electron chi connectivity index (χ0n) is 20.9. The zero-order chi connectivity index (χ0) is 25.5. The molecule has 0 spiro atoms. The molecule has 0 bridgehead atoms. The molecular formula is C28H31N3O3S2. The van der Waals surface area contributed by atoms with Crippen LogP contribution in [-0.2, 0) is 9.53 Å². The highest BCUT2D eigenvalue weighted by Crippen LogP contribution is 2.35. The maximum atomic E-state index is 13.1. The molecule has 36 heavy (non-hydrogen) atoms. The minimum Gasteiger partial charge on any atom is -0.493 e. The second-order valence-corrected chi connectivity index (χ2v) is 10.3. The molecule has 6 nitrogen and oxygen atoms in total. The number of benzene rings is 2. The van der Waals surface area contributed by atoms with Crippen LogP contribution >= 0.6 is 24.0 Å². The number of thiocarbonyl (C=S) groups is 1. The summed E-state index contributed by atoms with van der Waals surface area (Å²) in [5.74, 6) is 0.809. The van der Waals surface area contributed by atoms with E-state index < -0.39 is 0 Å². The molecule has 1 aliphatic heterocycles. The van der Waals surface area contributed by atoms with Gasteiger partial charge in [-0.05, 0) is 61.7 Å². The highest BCUT2D eigenvalue weighted by atomic mass is 32.2. The molecule has 1 aromatic heterocycles.